The topological polar surface area (TPSA) is 99.1 Å². The fourth-order valence-electron chi connectivity index (χ4n) is 4.20. The summed E-state index contributed by atoms with van der Waals surface area (Å²) in [6, 6.07) is 16.5. The fraction of sp³-hybridized carbons (Fsp3) is 0.375. The molecule has 0 bridgehead atoms. The lowest BCUT2D eigenvalue weighted by Crippen LogP contribution is -2.55. The van der Waals surface area contributed by atoms with Crippen LogP contribution >= 0.6 is 0 Å². The highest BCUT2D eigenvalue weighted by molar-refractivity contribution is 6.02. The molecule has 1 saturated carbocycles. The number of rotatable bonds is 6. The molecule has 2 aromatic rings. The van der Waals surface area contributed by atoms with Crippen LogP contribution in [-0.2, 0) is 30.5 Å². The van der Waals surface area contributed by atoms with E-state index in [1.807, 2.05) is 30.3 Å². The predicted molar refractivity (Wildman–Crippen MR) is 111 cm³/mol. The molecule has 1 N–H and O–H groups in total. The summed E-state index contributed by atoms with van der Waals surface area (Å²) in [6.07, 6.45) is -0.346. The number of carbonyl (C=O) groups is 3. The van der Waals surface area contributed by atoms with Crippen LogP contribution in [-0.4, -0.2) is 42.6 Å². The SMILES string of the molecule is COC(=O)[C@H]1C(=O)C[C@@](C)(O)[C@@H](C(=O)OC)[C@H]1c1ccc(OCc2ccccc2)cc1. The maximum absolute atomic E-state index is 12.7. The Morgan fingerprint density at radius 1 is 1.00 bits per heavy atom. The van der Waals surface area contributed by atoms with Crippen molar-refractivity contribution in [1.29, 1.82) is 0 Å². The maximum Gasteiger partial charge on any atom is 0.316 e. The molecule has 0 radical (unpaired) electrons. The van der Waals surface area contributed by atoms with E-state index in [4.69, 9.17) is 14.2 Å². The van der Waals surface area contributed by atoms with Crippen LogP contribution in [0.5, 0.6) is 5.75 Å². The number of carbonyl (C=O) groups excluding carboxylic acids is 3. The molecule has 0 aliphatic heterocycles. The summed E-state index contributed by atoms with van der Waals surface area (Å²) in [5.74, 6) is -4.60. The Hall–Kier alpha value is -3.19. The van der Waals surface area contributed by atoms with Gasteiger partial charge in [0.15, 0.2) is 5.78 Å². The van der Waals surface area contributed by atoms with Crippen LogP contribution in [0, 0.1) is 11.8 Å². The van der Waals surface area contributed by atoms with Crippen LogP contribution in [0.4, 0.5) is 0 Å². The Bertz CT molecular complexity index is 934. The molecule has 0 spiro atoms. The van der Waals surface area contributed by atoms with Gasteiger partial charge < -0.3 is 19.3 Å². The van der Waals surface area contributed by atoms with Crippen molar-refractivity contribution in [3.8, 4) is 5.75 Å². The first-order valence-corrected chi connectivity index (χ1v) is 9.96. The van der Waals surface area contributed by atoms with Crippen molar-refractivity contribution in [1.82, 2.24) is 0 Å². The third-order valence-electron chi connectivity index (χ3n) is 5.69. The van der Waals surface area contributed by atoms with Crippen molar-refractivity contribution < 1.29 is 33.7 Å². The number of hydrogen-bond donors (Lipinski definition) is 1. The van der Waals surface area contributed by atoms with Crippen LogP contribution in [0.25, 0.3) is 0 Å². The minimum Gasteiger partial charge on any atom is -0.489 e. The van der Waals surface area contributed by atoms with Gasteiger partial charge in [-0.1, -0.05) is 42.5 Å². The molecule has 164 valence electrons. The van der Waals surface area contributed by atoms with Gasteiger partial charge in [-0.2, -0.15) is 0 Å². The normalized spacial score (nSPS) is 25.5. The largest absolute Gasteiger partial charge is 0.489 e. The molecular weight excluding hydrogens is 400 g/mol. The number of methoxy groups -OCH3 is 2. The summed E-state index contributed by atoms with van der Waals surface area (Å²) in [5.41, 5.74) is -0.120. The zero-order chi connectivity index (χ0) is 22.6. The molecule has 4 atom stereocenters. The van der Waals surface area contributed by atoms with Gasteiger partial charge in [-0.05, 0) is 30.2 Å². The van der Waals surface area contributed by atoms with Crippen molar-refractivity contribution in [2.45, 2.75) is 31.5 Å². The molecule has 1 aliphatic rings. The van der Waals surface area contributed by atoms with Gasteiger partial charge in [0, 0.05) is 12.3 Å². The molecule has 2 aromatic carbocycles. The molecule has 0 heterocycles. The Kier molecular flexibility index (Phi) is 6.75. The highest BCUT2D eigenvalue weighted by Crippen LogP contribution is 2.46. The Labute approximate surface area is 180 Å². The monoisotopic (exact) mass is 426 g/mol. The van der Waals surface area contributed by atoms with E-state index >= 15 is 0 Å². The van der Waals surface area contributed by atoms with Gasteiger partial charge in [-0.15, -0.1) is 0 Å². The number of ketones is 1. The second-order valence-electron chi connectivity index (χ2n) is 7.87. The van der Waals surface area contributed by atoms with Crippen molar-refractivity contribution >= 4 is 17.7 Å². The minimum atomic E-state index is -1.66. The molecule has 1 aliphatic carbocycles. The number of ether oxygens (including phenoxy) is 3. The van der Waals surface area contributed by atoms with E-state index in [0.29, 0.717) is 17.9 Å². The average molecular weight is 426 g/mol. The van der Waals surface area contributed by atoms with Gasteiger partial charge >= 0.3 is 11.9 Å². The number of hydrogen-bond acceptors (Lipinski definition) is 7. The molecular formula is C24H26O7. The lowest BCUT2D eigenvalue weighted by Gasteiger charge is -2.43. The Balaban J connectivity index is 1.93. The standard InChI is InChI=1S/C24H26O7/c1-24(28)13-18(25)20(22(26)29-2)19(21(24)23(27)30-3)16-9-11-17(12-10-16)31-14-15-7-5-4-6-8-15/h4-12,19-21,28H,13-14H2,1-3H3/t19-,20-,21+,24+/m0/s1. The minimum absolute atomic E-state index is 0.346. The summed E-state index contributed by atoms with van der Waals surface area (Å²) in [5, 5.41) is 10.9. The first-order valence-electron chi connectivity index (χ1n) is 9.96. The van der Waals surface area contributed by atoms with Crippen LogP contribution in [0.15, 0.2) is 54.6 Å². The second kappa shape index (κ2) is 9.31. The summed E-state index contributed by atoms with van der Waals surface area (Å²) >= 11 is 0. The molecule has 0 amide bonds. The highest BCUT2D eigenvalue weighted by atomic mass is 16.5. The smallest absolute Gasteiger partial charge is 0.316 e. The van der Waals surface area contributed by atoms with Crippen molar-refractivity contribution in [2.24, 2.45) is 11.8 Å². The number of Topliss-reactive ketones (excluding diaryl/α,β-unsaturated/α-hetero) is 1. The Morgan fingerprint density at radius 2 is 1.61 bits per heavy atom. The first kappa shape index (κ1) is 22.5. The van der Waals surface area contributed by atoms with Gasteiger partial charge in [0.25, 0.3) is 0 Å². The van der Waals surface area contributed by atoms with Crippen LogP contribution in [0.1, 0.15) is 30.4 Å². The molecule has 0 saturated heterocycles. The third-order valence-corrected chi connectivity index (χ3v) is 5.69. The number of benzene rings is 2. The lowest BCUT2D eigenvalue weighted by atomic mass is 9.62. The molecule has 7 nitrogen and oxygen atoms in total. The zero-order valence-electron chi connectivity index (χ0n) is 17.7. The highest BCUT2D eigenvalue weighted by Gasteiger charge is 2.56. The lowest BCUT2D eigenvalue weighted by molar-refractivity contribution is -0.170. The van der Waals surface area contributed by atoms with Gasteiger partial charge in [-0.3, -0.25) is 14.4 Å². The molecule has 0 aromatic heterocycles. The van der Waals surface area contributed by atoms with Gasteiger partial charge in [0.05, 0.1) is 25.7 Å². The third kappa shape index (κ3) is 4.77. The average Bonchev–Trinajstić information content (AvgIpc) is 2.76. The summed E-state index contributed by atoms with van der Waals surface area (Å²) < 4.78 is 15.5. The van der Waals surface area contributed by atoms with E-state index in [1.165, 1.54) is 21.1 Å². The summed E-state index contributed by atoms with van der Waals surface area (Å²) in [4.78, 5) is 37.8. The predicted octanol–water partition coefficient (Wildman–Crippen LogP) is 2.65. The zero-order valence-corrected chi connectivity index (χ0v) is 17.7. The number of esters is 2. The van der Waals surface area contributed by atoms with Crippen molar-refractivity contribution in [3.63, 3.8) is 0 Å². The van der Waals surface area contributed by atoms with Crippen LogP contribution < -0.4 is 4.74 Å². The van der Waals surface area contributed by atoms with Gasteiger partial charge in [0.2, 0.25) is 0 Å². The van der Waals surface area contributed by atoms with E-state index in [2.05, 4.69) is 0 Å². The second-order valence-corrected chi connectivity index (χ2v) is 7.87. The number of aliphatic hydroxyl groups is 1. The van der Waals surface area contributed by atoms with Crippen LogP contribution in [0.3, 0.4) is 0 Å². The van der Waals surface area contributed by atoms with E-state index < -0.39 is 41.1 Å². The summed E-state index contributed by atoms with van der Waals surface area (Å²) in [6.45, 7) is 1.79. The van der Waals surface area contributed by atoms with E-state index in [-0.39, 0.29) is 6.42 Å². The molecule has 31 heavy (non-hydrogen) atoms. The summed E-state index contributed by atoms with van der Waals surface area (Å²) in [7, 11) is 2.40. The van der Waals surface area contributed by atoms with E-state index in [0.717, 1.165) is 5.56 Å². The molecule has 1 fully saturated rings. The first-order chi connectivity index (χ1) is 14.8. The van der Waals surface area contributed by atoms with E-state index in [1.54, 1.807) is 24.3 Å². The van der Waals surface area contributed by atoms with Crippen molar-refractivity contribution in [2.75, 3.05) is 14.2 Å². The van der Waals surface area contributed by atoms with Crippen molar-refractivity contribution in [3.05, 3.63) is 65.7 Å². The molecule has 0 unspecified atom stereocenters. The van der Waals surface area contributed by atoms with Crippen LogP contribution in [0.2, 0.25) is 0 Å². The quantitative estimate of drug-likeness (QED) is 0.560. The fourth-order valence-corrected chi connectivity index (χ4v) is 4.20. The van der Waals surface area contributed by atoms with Gasteiger partial charge in [-0.25, -0.2) is 0 Å². The Morgan fingerprint density at radius 3 is 2.19 bits per heavy atom. The van der Waals surface area contributed by atoms with Gasteiger partial charge in [0.1, 0.15) is 18.3 Å². The maximum atomic E-state index is 12.7. The molecule has 7 heteroatoms. The van der Waals surface area contributed by atoms with E-state index in [9.17, 15) is 19.5 Å². The molecule has 3 rings (SSSR count).